The van der Waals surface area contributed by atoms with Crippen LogP contribution in [0.4, 0.5) is 0 Å². The van der Waals surface area contributed by atoms with Gasteiger partial charge in [-0.2, -0.15) is 0 Å². The molecule has 6 nitrogen and oxygen atoms in total. The van der Waals surface area contributed by atoms with Crippen molar-refractivity contribution in [2.45, 2.75) is 79.1 Å². The number of nitrogens with zero attached hydrogens (tertiary/aromatic N) is 6. The molecule has 5 aromatic rings. The minimum Gasteiger partial charge on any atom is -0.132 e. The van der Waals surface area contributed by atoms with Crippen molar-refractivity contribution in [3.05, 3.63) is 95.3 Å². The number of hydrogen-bond donors (Lipinski definition) is 0. The van der Waals surface area contributed by atoms with Gasteiger partial charge in [0.05, 0.1) is 10.4 Å². The highest BCUT2D eigenvalue weighted by Gasteiger charge is 2.26. The molecular weight excluding hydrogens is 516 g/mol. The van der Waals surface area contributed by atoms with Gasteiger partial charge in [-0.15, -0.1) is 18.7 Å². The van der Waals surface area contributed by atoms with Crippen LogP contribution in [-0.2, 0) is 14.1 Å². The topological polar surface area (TPSA) is 43.4 Å². The smallest absolute Gasteiger partial charge is 0.132 e. The summed E-state index contributed by atoms with van der Waals surface area (Å²) in [6, 6.07) is 22.0. The molecule has 0 atom stereocenters. The molecule has 0 amide bonds. The zero-order valence-corrected chi connectivity index (χ0v) is 26.9. The van der Waals surface area contributed by atoms with Crippen LogP contribution in [0.1, 0.15) is 101 Å². The third-order valence-electron chi connectivity index (χ3n) is 8.24. The Labute approximate surface area is 251 Å². The number of para-hydroxylation sites is 2. The van der Waals surface area contributed by atoms with E-state index < -0.39 is 0 Å². The largest absolute Gasteiger partial charge is 0.198 e. The van der Waals surface area contributed by atoms with Crippen molar-refractivity contribution in [2.24, 2.45) is 14.1 Å². The van der Waals surface area contributed by atoms with Crippen molar-refractivity contribution in [3.63, 3.8) is 0 Å². The zero-order valence-electron chi connectivity index (χ0n) is 26.9. The summed E-state index contributed by atoms with van der Waals surface area (Å²) in [4.78, 5) is 0. The van der Waals surface area contributed by atoms with Gasteiger partial charge in [0, 0.05) is 33.4 Å². The van der Waals surface area contributed by atoms with Crippen LogP contribution in [0.2, 0.25) is 0 Å². The predicted molar refractivity (Wildman–Crippen MR) is 170 cm³/mol. The third-order valence-corrected chi connectivity index (χ3v) is 8.24. The average Bonchev–Trinajstić information content (AvgIpc) is 3.54. The van der Waals surface area contributed by atoms with E-state index in [2.05, 4.69) is 138 Å². The van der Waals surface area contributed by atoms with E-state index >= 15 is 0 Å². The normalized spacial score (nSPS) is 12.0. The summed E-state index contributed by atoms with van der Waals surface area (Å²) in [6.07, 6.45) is 4.34. The fourth-order valence-electron chi connectivity index (χ4n) is 5.97. The van der Waals surface area contributed by atoms with E-state index in [0.29, 0.717) is 23.7 Å². The van der Waals surface area contributed by atoms with Gasteiger partial charge in [-0.1, -0.05) is 110 Å². The van der Waals surface area contributed by atoms with E-state index in [1.165, 1.54) is 33.6 Å². The number of aromatic nitrogens is 6. The third kappa shape index (κ3) is 5.42. The number of benzene rings is 3. The Morgan fingerprint density at radius 1 is 0.500 bits per heavy atom. The summed E-state index contributed by atoms with van der Waals surface area (Å²) >= 11 is 0. The maximum atomic E-state index is 4.97. The lowest BCUT2D eigenvalue weighted by Gasteiger charge is -2.15. The Balaban J connectivity index is 1.59. The van der Waals surface area contributed by atoms with Crippen molar-refractivity contribution in [2.75, 3.05) is 0 Å². The zero-order chi connectivity index (χ0) is 30.3. The standard InChI is InChI=1S/C36H46N6/c1-23(2)29-16-12-17-30(24(3)4)35(29)41-21-33(39(9)37-41)27-14-11-15-28(20-27)34-22-42(38-40(34)10)36-31(25(5)6)18-13-19-32(36)26(7)8/h11-26H,1-10H3/q+2. The van der Waals surface area contributed by atoms with Crippen LogP contribution in [0.3, 0.4) is 0 Å². The summed E-state index contributed by atoms with van der Waals surface area (Å²) in [5.41, 5.74) is 12.0. The molecule has 3 aromatic carbocycles. The van der Waals surface area contributed by atoms with Crippen LogP contribution < -0.4 is 9.36 Å². The average molecular weight is 563 g/mol. The molecule has 2 heterocycles. The molecule has 218 valence electrons. The lowest BCUT2D eigenvalue weighted by molar-refractivity contribution is -0.662. The first kappa shape index (κ1) is 29.4. The maximum absolute atomic E-state index is 4.97. The first-order chi connectivity index (χ1) is 20.0. The molecular formula is C36H46N6+2. The Bertz CT molecular complexity index is 1540. The highest BCUT2D eigenvalue weighted by molar-refractivity contribution is 5.68. The number of aryl methyl sites for hydroxylation is 2. The van der Waals surface area contributed by atoms with Gasteiger partial charge in [0.25, 0.3) is 0 Å². The van der Waals surface area contributed by atoms with Crippen LogP contribution in [0.5, 0.6) is 0 Å². The molecule has 0 spiro atoms. The van der Waals surface area contributed by atoms with Gasteiger partial charge < -0.3 is 0 Å². The first-order valence-corrected chi connectivity index (χ1v) is 15.3. The minimum absolute atomic E-state index is 0.397. The van der Waals surface area contributed by atoms with Crippen molar-refractivity contribution >= 4 is 0 Å². The van der Waals surface area contributed by atoms with E-state index in [-0.39, 0.29) is 0 Å². The van der Waals surface area contributed by atoms with Crippen LogP contribution >= 0.6 is 0 Å². The van der Waals surface area contributed by atoms with Gasteiger partial charge in [-0.05, 0) is 29.7 Å². The van der Waals surface area contributed by atoms with Gasteiger partial charge in [0.1, 0.15) is 14.1 Å². The Morgan fingerprint density at radius 2 is 0.810 bits per heavy atom. The van der Waals surface area contributed by atoms with E-state index in [9.17, 15) is 0 Å². The quantitative estimate of drug-likeness (QED) is 0.183. The summed E-state index contributed by atoms with van der Waals surface area (Å²) < 4.78 is 8.11. The van der Waals surface area contributed by atoms with Gasteiger partial charge in [-0.25, -0.2) is 0 Å². The first-order valence-electron chi connectivity index (χ1n) is 15.3. The second-order valence-corrected chi connectivity index (χ2v) is 12.7. The molecule has 0 N–H and O–H groups in total. The Hall–Kier alpha value is -4.06. The van der Waals surface area contributed by atoms with E-state index in [4.69, 9.17) is 10.4 Å². The molecule has 0 saturated heterocycles. The van der Waals surface area contributed by atoms with Crippen LogP contribution in [0.25, 0.3) is 33.9 Å². The molecule has 0 aliphatic carbocycles. The van der Waals surface area contributed by atoms with Crippen LogP contribution in [-0.4, -0.2) is 19.8 Å². The molecule has 0 bridgehead atoms. The molecule has 0 aliphatic heterocycles. The molecule has 0 saturated carbocycles. The second kappa shape index (κ2) is 11.7. The fourth-order valence-corrected chi connectivity index (χ4v) is 5.97. The summed E-state index contributed by atoms with van der Waals surface area (Å²) in [7, 11) is 4.06. The molecule has 0 aliphatic rings. The summed E-state index contributed by atoms with van der Waals surface area (Å²) in [5, 5.41) is 9.94. The van der Waals surface area contributed by atoms with Gasteiger partial charge in [-0.3, -0.25) is 0 Å². The lowest BCUT2D eigenvalue weighted by atomic mass is 9.93. The molecule has 42 heavy (non-hydrogen) atoms. The maximum Gasteiger partial charge on any atom is 0.198 e. The number of hydrogen-bond acceptors (Lipinski definition) is 2. The predicted octanol–water partition coefficient (Wildman–Crippen LogP) is 7.53. The monoisotopic (exact) mass is 562 g/mol. The van der Waals surface area contributed by atoms with E-state index in [0.717, 1.165) is 22.5 Å². The van der Waals surface area contributed by atoms with Crippen LogP contribution in [0.15, 0.2) is 73.1 Å². The minimum atomic E-state index is 0.397. The highest BCUT2D eigenvalue weighted by Crippen LogP contribution is 2.31. The molecule has 0 radical (unpaired) electrons. The Morgan fingerprint density at radius 3 is 1.12 bits per heavy atom. The number of rotatable bonds is 8. The van der Waals surface area contributed by atoms with Gasteiger partial charge >= 0.3 is 0 Å². The SMILES string of the molecule is CC(C)c1cccc(C(C)C)c1-[n+]1cc(-c2cccc(-c3c[n+](-c4c(C(C)C)cccc4C(C)C)nn3C)c2)n(C)n1. The van der Waals surface area contributed by atoms with Crippen LogP contribution in [0, 0.1) is 0 Å². The molecule has 5 rings (SSSR count). The van der Waals surface area contributed by atoms with E-state index in [1.54, 1.807) is 0 Å². The summed E-state index contributed by atoms with van der Waals surface area (Å²) in [6.45, 7) is 18.0. The van der Waals surface area contributed by atoms with Crippen molar-refractivity contribution < 1.29 is 9.36 Å². The van der Waals surface area contributed by atoms with Gasteiger partial charge in [0.15, 0.2) is 35.2 Å². The second-order valence-electron chi connectivity index (χ2n) is 12.7. The molecule has 0 unspecified atom stereocenters. The molecule has 6 heteroatoms. The molecule has 2 aromatic heterocycles. The fraction of sp³-hybridized carbons (Fsp3) is 0.389. The van der Waals surface area contributed by atoms with Crippen molar-refractivity contribution in [3.8, 4) is 33.9 Å². The van der Waals surface area contributed by atoms with E-state index in [1.807, 2.05) is 23.5 Å². The van der Waals surface area contributed by atoms with Gasteiger partial charge in [0.2, 0.25) is 0 Å². The van der Waals surface area contributed by atoms with Crippen molar-refractivity contribution in [1.29, 1.82) is 0 Å². The molecule has 0 fully saturated rings. The summed E-state index contributed by atoms with van der Waals surface area (Å²) in [5.74, 6) is 1.59. The Kier molecular flexibility index (Phi) is 8.18. The van der Waals surface area contributed by atoms with Crippen molar-refractivity contribution in [1.82, 2.24) is 19.8 Å². The highest BCUT2D eigenvalue weighted by atomic mass is 15.5. The lowest BCUT2D eigenvalue weighted by Crippen LogP contribution is -2.36.